The van der Waals surface area contributed by atoms with Crippen molar-refractivity contribution in [1.29, 1.82) is 0 Å². The van der Waals surface area contributed by atoms with Crippen LogP contribution in [0, 0.1) is 5.41 Å². The number of nitrogens with zero attached hydrogens (tertiary/aromatic N) is 1. The molecule has 3 nitrogen and oxygen atoms in total. The van der Waals surface area contributed by atoms with Gasteiger partial charge in [0.05, 0.1) is 12.5 Å². The Morgan fingerprint density at radius 2 is 2.30 bits per heavy atom. The second-order valence-electron chi connectivity index (χ2n) is 6.44. The van der Waals surface area contributed by atoms with Crippen LogP contribution in [0.5, 0.6) is 5.75 Å². The lowest BCUT2D eigenvalue weighted by atomic mass is 9.82. The predicted octanol–water partition coefficient (Wildman–Crippen LogP) is 3.08. The average molecular weight is 269 g/mol. The van der Waals surface area contributed by atoms with Gasteiger partial charge in [0, 0.05) is 11.7 Å². The Morgan fingerprint density at radius 1 is 1.45 bits per heavy atom. The summed E-state index contributed by atoms with van der Waals surface area (Å²) in [6.07, 6.45) is 4.85. The van der Waals surface area contributed by atoms with E-state index >= 15 is 0 Å². The highest BCUT2D eigenvalue weighted by Crippen LogP contribution is 2.54. The largest absolute Gasteiger partial charge is 0.497 e. The lowest BCUT2D eigenvalue weighted by Gasteiger charge is -2.22. The lowest BCUT2D eigenvalue weighted by molar-refractivity contribution is -0.125. The number of carbonyl (C=O) groups is 1. The molecule has 1 saturated heterocycles. The molecule has 3 aliphatic rings. The molecule has 0 bridgehead atoms. The van der Waals surface area contributed by atoms with Crippen LogP contribution in [-0.4, -0.2) is 19.1 Å². The van der Waals surface area contributed by atoms with Crippen LogP contribution in [-0.2, 0) is 11.2 Å². The molecule has 2 heterocycles. The van der Waals surface area contributed by atoms with E-state index in [1.165, 1.54) is 11.1 Å². The van der Waals surface area contributed by atoms with E-state index in [-0.39, 0.29) is 5.41 Å². The summed E-state index contributed by atoms with van der Waals surface area (Å²) in [4.78, 5) is 15.0. The minimum absolute atomic E-state index is 0.140. The lowest BCUT2D eigenvalue weighted by Crippen LogP contribution is -2.33. The average Bonchev–Trinajstić information content (AvgIpc) is 3.05. The van der Waals surface area contributed by atoms with Crippen molar-refractivity contribution in [3.63, 3.8) is 0 Å². The van der Waals surface area contributed by atoms with Gasteiger partial charge in [0.15, 0.2) is 0 Å². The third kappa shape index (κ3) is 1.43. The van der Waals surface area contributed by atoms with Crippen LogP contribution in [0.15, 0.2) is 30.4 Å². The molecule has 104 valence electrons. The summed E-state index contributed by atoms with van der Waals surface area (Å²) in [5, 5.41) is 0. The van der Waals surface area contributed by atoms with E-state index in [0.29, 0.717) is 11.9 Å². The van der Waals surface area contributed by atoms with Crippen molar-refractivity contribution in [2.24, 2.45) is 5.41 Å². The van der Waals surface area contributed by atoms with Crippen molar-refractivity contribution in [2.45, 2.75) is 38.1 Å². The monoisotopic (exact) mass is 269 g/mol. The van der Waals surface area contributed by atoms with Crippen molar-refractivity contribution in [1.82, 2.24) is 0 Å². The number of hydrogen-bond donors (Lipinski definition) is 0. The van der Waals surface area contributed by atoms with E-state index in [0.717, 1.165) is 43.5 Å². The maximum atomic E-state index is 12.9. The highest BCUT2D eigenvalue weighted by molar-refractivity contribution is 6.03. The zero-order chi connectivity index (χ0) is 13.9. The number of hydrogen-bond acceptors (Lipinski definition) is 2. The minimum Gasteiger partial charge on any atom is -0.497 e. The first-order valence-corrected chi connectivity index (χ1v) is 7.30. The summed E-state index contributed by atoms with van der Waals surface area (Å²) in [5.41, 5.74) is 3.44. The number of methoxy groups -OCH3 is 1. The van der Waals surface area contributed by atoms with Crippen molar-refractivity contribution in [3.05, 3.63) is 35.9 Å². The third-order valence-corrected chi connectivity index (χ3v) is 5.21. The molecule has 0 radical (unpaired) electrons. The van der Waals surface area contributed by atoms with E-state index in [1.54, 1.807) is 7.11 Å². The van der Waals surface area contributed by atoms with Gasteiger partial charge in [0.25, 0.3) is 0 Å². The summed E-state index contributed by atoms with van der Waals surface area (Å²) in [7, 11) is 1.68. The van der Waals surface area contributed by atoms with Gasteiger partial charge in [-0.15, -0.1) is 0 Å². The first-order valence-electron chi connectivity index (χ1n) is 7.30. The van der Waals surface area contributed by atoms with E-state index in [2.05, 4.69) is 12.6 Å². The molecule has 2 aliphatic heterocycles. The number of benzene rings is 1. The van der Waals surface area contributed by atoms with Crippen LogP contribution in [0.25, 0.3) is 0 Å². The topological polar surface area (TPSA) is 29.5 Å². The third-order valence-electron chi connectivity index (χ3n) is 5.21. The molecule has 3 heteroatoms. The molecule has 1 spiro atoms. The maximum absolute atomic E-state index is 12.9. The molecule has 1 aliphatic carbocycles. The molecule has 0 unspecified atom stereocenters. The summed E-state index contributed by atoms with van der Waals surface area (Å²) in [6, 6.07) is 6.40. The van der Waals surface area contributed by atoms with Crippen LogP contribution < -0.4 is 9.64 Å². The Hall–Kier alpha value is -1.77. The summed E-state index contributed by atoms with van der Waals surface area (Å²) < 4.78 is 5.28. The molecule has 0 N–H and O–H groups in total. The number of ether oxygens (including phenoxy) is 1. The molecule has 4 rings (SSSR count). The van der Waals surface area contributed by atoms with Gasteiger partial charge in [0.2, 0.25) is 5.91 Å². The van der Waals surface area contributed by atoms with Crippen LogP contribution in [0.4, 0.5) is 5.69 Å². The first kappa shape index (κ1) is 12.0. The van der Waals surface area contributed by atoms with Crippen LogP contribution in [0.2, 0.25) is 0 Å². The number of rotatable bonds is 1. The van der Waals surface area contributed by atoms with Gasteiger partial charge in [-0.25, -0.2) is 0 Å². The Balaban J connectivity index is 1.72. The highest BCUT2D eigenvalue weighted by Gasteiger charge is 2.55. The van der Waals surface area contributed by atoms with Gasteiger partial charge in [-0.1, -0.05) is 12.2 Å². The van der Waals surface area contributed by atoms with Crippen LogP contribution in [0.3, 0.4) is 0 Å². The molecule has 20 heavy (non-hydrogen) atoms. The molecular formula is C17H19NO2. The van der Waals surface area contributed by atoms with Crippen LogP contribution >= 0.6 is 0 Å². The Morgan fingerprint density at radius 3 is 3.00 bits per heavy atom. The molecule has 2 fully saturated rings. The zero-order valence-corrected chi connectivity index (χ0v) is 11.8. The summed E-state index contributed by atoms with van der Waals surface area (Å²) in [6.45, 7) is 4.08. The van der Waals surface area contributed by atoms with Crippen molar-refractivity contribution >= 4 is 11.6 Å². The predicted molar refractivity (Wildman–Crippen MR) is 78.0 cm³/mol. The summed E-state index contributed by atoms with van der Waals surface area (Å²) in [5.74, 6) is 1.20. The first-order chi connectivity index (χ1) is 9.63. The van der Waals surface area contributed by atoms with Gasteiger partial charge in [0.1, 0.15) is 5.75 Å². The van der Waals surface area contributed by atoms with Crippen LogP contribution in [0.1, 0.15) is 31.2 Å². The maximum Gasteiger partial charge on any atom is 0.233 e. The number of fused-ring (bicyclic) bond motifs is 3. The molecule has 2 atom stereocenters. The molecule has 1 saturated carbocycles. The van der Waals surface area contributed by atoms with Gasteiger partial charge in [-0.3, -0.25) is 4.79 Å². The molecule has 1 aromatic carbocycles. The van der Waals surface area contributed by atoms with Gasteiger partial charge in [-0.2, -0.15) is 0 Å². The normalized spacial score (nSPS) is 31.1. The fourth-order valence-corrected chi connectivity index (χ4v) is 4.29. The van der Waals surface area contributed by atoms with Crippen molar-refractivity contribution in [2.75, 3.05) is 12.0 Å². The van der Waals surface area contributed by atoms with E-state index in [1.807, 2.05) is 17.0 Å². The standard InChI is InChI=1S/C17H19NO2/c1-11-5-6-17(9-11)10-13-7-12-8-14(20-2)3-4-15(12)18(13)16(17)19/h3-4,8,13H,1,5-7,9-10H2,2H3/t13-,17-/m0/s1. The number of anilines is 1. The Labute approximate surface area is 119 Å². The zero-order valence-electron chi connectivity index (χ0n) is 11.8. The number of carbonyl (C=O) groups excluding carboxylic acids is 1. The van der Waals surface area contributed by atoms with E-state index in [4.69, 9.17) is 4.74 Å². The Kier molecular flexibility index (Phi) is 2.33. The van der Waals surface area contributed by atoms with E-state index < -0.39 is 0 Å². The second-order valence-corrected chi connectivity index (χ2v) is 6.44. The fraction of sp³-hybridized carbons (Fsp3) is 0.471. The molecule has 1 amide bonds. The number of amides is 1. The van der Waals surface area contributed by atoms with E-state index in [9.17, 15) is 4.79 Å². The fourth-order valence-electron chi connectivity index (χ4n) is 4.29. The molecule has 1 aromatic rings. The number of allylic oxidation sites excluding steroid dienone is 1. The summed E-state index contributed by atoms with van der Waals surface area (Å²) >= 11 is 0. The van der Waals surface area contributed by atoms with Gasteiger partial charge in [-0.05, 0) is 55.9 Å². The smallest absolute Gasteiger partial charge is 0.233 e. The van der Waals surface area contributed by atoms with Crippen molar-refractivity contribution in [3.8, 4) is 5.75 Å². The quantitative estimate of drug-likeness (QED) is 0.733. The molecule has 0 aromatic heterocycles. The van der Waals surface area contributed by atoms with Gasteiger partial charge < -0.3 is 9.64 Å². The minimum atomic E-state index is -0.140. The van der Waals surface area contributed by atoms with Crippen molar-refractivity contribution < 1.29 is 9.53 Å². The molecular weight excluding hydrogens is 250 g/mol. The Bertz CT molecular complexity index is 621. The van der Waals surface area contributed by atoms with Gasteiger partial charge >= 0.3 is 0 Å². The second kappa shape index (κ2) is 3.87. The SMILES string of the molecule is C=C1CC[C@]2(C1)C[C@@H]1Cc3cc(OC)ccc3N1C2=O. The highest BCUT2D eigenvalue weighted by atomic mass is 16.5.